The normalized spacial score (nSPS) is 14.5. The molecular weight excluding hydrogens is 464 g/mol. The quantitative estimate of drug-likeness (QED) is 0.311. The maximum Gasteiger partial charge on any atom is 0.263 e. The second-order valence-corrected chi connectivity index (χ2v) is 9.31. The minimum Gasteiger partial charge on any atom is -0.354 e. The molecule has 0 spiro atoms. The van der Waals surface area contributed by atoms with Gasteiger partial charge in [0, 0.05) is 32.7 Å². The van der Waals surface area contributed by atoms with Gasteiger partial charge in [-0.05, 0) is 31.3 Å². The number of rotatable bonds is 7. The summed E-state index contributed by atoms with van der Waals surface area (Å²) in [6.07, 6.45) is 3.33. The Morgan fingerprint density at radius 2 is 1.94 bits per heavy atom. The molecule has 180 valence electrons. The van der Waals surface area contributed by atoms with Gasteiger partial charge in [-0.25, -0.2) is 4.98 Å². The lowest BCUT2D eigenvalue weighted by Crippen LogP contribution is -2.44. The zero-order valence-electron chi connectivity index (χ0n) is 19.4. The van der Waals surface area contributed by atoms with Crippen molar-refractivity contribution in [1.82, 2.24) is 29.0 Å². The van der Waals surface area contributed by atoms with Crippen molar-refractivity contribution in [3.63, 3.8) is 0 Å². The van der Waals surface area contributed by atoms with E-state index < -0.39 is 0 Å². The van der Waals surface area contributed by atoms with Crippen LogP contribution in [0.25, 0.3) is 16.7 Å². The molecular formula is C24H26N8O2S. The standard InChI is InChI=1S/C24H26N8O2S/c1-3-10-31-22(34)18-6-4-5-7-19(18)32-23(31)27-28-24(32)35-16-21(33)26-17-8-9-20(25-15-17)30-13-11-29(2)12-14-30/h3-9,15H,1,10-14,16H2,2H3,(H,26,33). The van der Waals surface area contributed by atoms with Gasteiger partial charge in [-0.3, -0.25) is 18.6 Å². The van der Waals surface area contributed by atoms with E-state index in [-0.39, 0.29) is 17.2 Å². The zero-order chi connectivity index (χ0) is 24.4. The molecule has 0 saturated carbocycles. The highest BCUT2D eigenvalue weighted by Crippen LogP contribution is 2.22. The first-order valence-electron chi connectivity index (χ1n) is 11.3. The molecule has 1 aliphatic heterocycles. The van der Waals surface area contributed by atoms with Crippen LogP contribution < -0.4 is 15.8 Å². The number of hydrogen-bond acceptors (Lipinski definition) is 8. The highest BCUT2D eigenvalue weighted by atomic mass is 32.2. The molecule has 4 aromatic rings. The number of likely N-dealkylation sites (N-methyl/N-ethyl adjacent to an activating group) is 1. The number of anilines is 2. The van der Waals surface area contributed by atoms with Gasteiger partial charge in [-0.2, -0.15) is 0 Å². The van der Waals surface area contributed by atoms with E-state index >= 15 is 0 Å². The smallest absolute Gasteiger partial charge is 0.263 e. The van der Waals surface area contributed by atoms with Crippen molar-refractivity contribution in [3.05, 3.63) is 65.6 Å². The molecule has 3 aromatic heterocycles. The first kappa shape index (κ1) is 23.1. The summed E-state index contributed by atoms with van der Waals surface area (Å²) in [6.45, 7) is 7.94. The molecule has 35 heavy (non-hydrogen) atoms. The molecule has 0 unspecified atom stereocenters. The van der Waals surface area contributed by atoms with E-state index in [0.29, 0.717) is 34.1 Å². The number of pyridine rings is 1. The molecule has 1 N–H and O–H groups in total. The average molecular weight is 491 g/mol. The van der Waals surface area contributed by atoms with Crippen LogP contribution >= 0.6 is 11.8 Å². The Morgan fingerprint density at radius 1 is 1.14 bits per heavy atom. The van der Waals surface area contributed by atoms with Gasteiger partial charge in [0.05, 0.1) is 28.5 Å². The van der Waals surface area contributed by atoms with Crippen LogP contribution in [-0.4, -0.2) is 73.9 Å². The number of nitrogens with one attached hydrogen (secondary N) is 1. The van der Waals surface area contributed by atoms with Gasteiger partial charge in [0.1, 0.15) is 5.82 Å². The Labute approximate surface area is 206 Å². The number of piperazine rings is 1. The van der Waals surface area contributed by atoms with Gasteiger partial charge in [-0.15, -0.1) is 16.8 Å². The van der Waals surface area contributed by atoms with E-state index in [1.165, 1.54) is 16.3 Å². The molecule has 11 heteroatoms. The molecule has 5 rings (SSSR count). The van der Waals surface area contributed by atoms with E-state index in [9.17, 15) is 9.59 Å². The van der Waals surface area contributed by atoms with Crippen LogP contribution in [0.2, 0.25) is 0 Å². The van der Waals surface area contributed by atoms with Crippen molar-refractivity contribution in [3.8, 4) is 0 Å². The largest absolute Gasteiger partial charge is 0.354 e. The van der Waals surface area contributed by atoms with Crippen molar-refractivity contribution >= 4 is 45.9 Å². The molecule has 0 radical (unpaired) electrons. The molecule has 10 nitrogen and oxygen atoms in total. The van der Waals surface area contributed by atoms with Gasteiger partial charge in [0.25, 0.3) is 5.56 Å². The number of hydrogen-bond donors (Lipinski definition) is 1. The van der Waals surface area contributed by atoms with Crippen molar-refractivity contribution in [1.29, 1.82) is 0 Å². The van der Waals surface area contributed by atoms with E-state index in [0.717, 1.165) is 32.0 Å². The number of amides is 1. The molecule has 1 aliphatic rings. The second-order valence-electron chi connectivity index (χ2n) is 8.37. The molecule has 0 atom stereocenters. The molecule has 4 heterocycles. The zero-order valence-corrected chi connectivity index (χ0v) is 20.2. The third-order valence-electron chi connectivity index (χ3n) is 5.98. The summed E-state index contributed by atoms with van der Waals surface area (Å²) in [5.41, 5.74) is 1.19. The molecule has 0 aliphatic carbocycles. The predicted octanol–water partition coefficient (Wildman–Crippen LogP) is 2.11. The first-order valence-corrected chi connectivity index (χ1v) is 12.3. The lowest BCUT2D eigenvalue weighted by molar-refractivity contribution is -0.113. The molecule has 0 bridgehead atoms. The Kier molecular flexibility index (Phi) is 6.51. The van der Waals surface area contributed by atoms with Gasteiger partial charge in [0.2, 0.25) is 11.7 Å². The van der Waals surface area contributed by atoms with Crippen molar-refractivity contribution in [2.75, 3.05) is 49.2 Å². The first-order chi connectivity index (χ1) is 17.0. The number of aromatic nitrogens is 5. The molecule has 1 aromatic carbocycles. The van der Waals surface area contributed by atoms with Crippen LogP contribution in [0, 0.1) is 0 Å². The average Bonchev–Trinajstić information content (AvgIpc) is 3.30. The van der Waals surface area contributed by atoms with Gasteiger partial charge >= 0.3 is 0 Å². The SMILES string of the molecule is C=CCn1c(=O)c2ccccc2n2c(SCC(=O)Nc3ccc(N4CCN(C)CC4)nc3)nnc12. The van der Waals surface area contributed by atoms with Crippen molar-refractivity contribution in [2.24, 2.45) is 0 Å². The Bertz CT molecular complexity index is 1440. The minimum absolute atomic E-state index is 0.135. The third kappa shape index (κ3) is 4.64. The second kappa shape index (κ2) is 9.88. The fourth-order valence-electron chi connectivity index (χ4n) is 4.13. The number of fused-ring (bicyclic) bond motifs is 3. The number of nitrogens with zero attached hydrogens (tertiary/aromatic N) is 7. The molecule has 1 fully saturated rings. The minimum atomic E-state index is -0.176. The predicted molar refractivity (Wildman–Crippen MR) is 138 cm³/mol. The van der Waals surface area contributed by atoms with E-state index in [4.69, 9.17) is 0 Å². The van der Waals surface area contributed by atoms with Crippen molar-refractivity contribution < 1.29 is 4.79 Å². The Hall–Kier alpha value is -3.70. The third-order valence-corrected chi connectivity index (χ3v) is 6.91. The summed E-state index contributed by atoms with van der Waals surface area (Å²) in [7, 11) is 2.12. The maximum atomic E-state index is 12.9. The summed E-state index contributed by atoms with van der Waals surface area (Å²) >= 11 is 1.26. The number of allylic oxidation sites excluding steroid dienone is 1. The van der Waals surface area contributed by atoms with Crippen LogP contribution in [0.3, 0.4) is 0 Å². The Balaban J connectivity index is 1.30. The number of thioether (sulfide) groups is 1. The number of carbonyl (C=O) groups excluding carboxylic acids is 1. The van der Waals surface area contributed by atoms with E-state index in [1.54, 1.807) is 18.3 Å². The van der Waals surface area contributed by atoms with Crippen LogP contribution in [0.5, 0.6) is 0 Å². The topological polar surface area (TPSA) is 101 Å². The van der Waals surface area contributed by atoms with Crippen molar-refractivity contribution in [2.45, 2.75) is 11.7 Å². The fourth-order valence-corrected chi connectivity index (χ4v) is 4.87. The van der Waals surface area contributed by atoms with E-state index in [1.807, 2.05) is 34.7 Å². The summed E-state index contributed by atoms with van der Waals surface area (Å²) < 4.78 is 3.34. The fraction of sp³-hybridized carbons (Fsp3) is 0.292. The van der Waals surface area contributed by atoms with Gasteiger partial charge < -0.3 is 15.1 Å². The highest BCUT2D eigenvalue weighted by Gasteiger charge is 2.18. The summed E-state index contributed by atoms with van der Waals surface area (Å²) in [6, 6.07) is 11.1. The Morgan fingerprint density at radius 3 is 2.69 bits per heavy atom. The highest BCUT2D eigenvalue weighted by molar-refractivity contribution is 7.99. The number of carbonyl (C=O) groups is 1. The summed E-state index contributed by atoms with van der Waals surface area (Å²) in [4.78, 5) is 34.6. The van der Waals surface area contributed by atoms with Crippen LogP contribution in [0.15, 0.2) is 65.2 Å². The van der Waals surface area contributed by atoms with Crippen LogP contribution in [0.4, 0.5) is 11.5 Å². The molecule has 1 amide bonds. The van der Waals surface area contributed by atoms with Gasteiger partial charge in [0.15, 0.2) is 5.16 Å². The molecule has 1 saturated heterocycles. The lowest BCUT2D eigenvalue weighted by atomic mass is 10.2. The lowest BCUT2D eigenvalue weighted by Gasteiger charge is -2.33. The number of benzene rings is 1. The van der Waals surface area contributed by atoms with Gasteiger partial charge in [-0.1, -0.05) is 30.0 Å². The summed E-state index contributed by atoms with van der Waals surface area (Å²) in [5, 5.41) is 12.5. The number of para-hydroxylation sites is 1. The maximum absolute atomic E-state index is 12.9. The van der Waals surface area contributed by atoms with Crippen LogP contribution in [0.1, 0.15) is 0 Å². The monoisotopic (exact) mass is 490 g/mol. The summed E-state index contributed by atoms with van der Waals surface area (Å²) in [5.74, 6) is 1.29. The van der Waals surface area contributed by atoms with Crippen LogP contribution in [-0.2, 0) is 11.3 Å². The van der Waals surface area contributed by atoms with E-state index in [2.05, 4.69) is 43.9 Å².